The average molecular weight is 508 g/mol. The van der Waals surface area contributed by atoms with Gasteiger partial charge in [0.25, 0.3) is 0 Å². The number of amides is 1. The topological polar surface area (TPSA) is 66.5 Å². The molecule has 3 rings (SSSR count). The molecule has 0 atom stereocenters. The number of hydrogen-bond donors (Lipinski definition) is 1. The van der Waals surface area contributed by atoms with Gasteiger partial charge in [0.1, 0.15) is 0 Å². The summed E-state index contributed by atoms with van der Waals surface area (Å²) in [5.74, 6) is -0.414. The van der Waals surface area contributed by atoms with Gasteiger partial charge in [0.2, 0.25) is 15.9 Å². The molecule has 30 heavy (non-hydrogen) atoms. The first kappa shape index (κ1) is 22.5. The van der Waals surface area contributed by atoms with Gasteiger partial charge in [-0.1, -0.05) is 57.9 Å². The fourth-order valence-electron chi connectivity index (χ4n) is 2.83. The molecule has 0 fully saturated rings. The van der Waals surface area contributed by atoms with E-state index >= 15 is 0 Å². The van der Waals surface area contributed by atoms with Gasteiger partial charge in [-0.3, -0.25) is 4.79 Å². The van der Waals surface area contributed by atoms with E-state index in [2.05, 4.69) is 21.2 Å². The molecule has 8 heteroatoms. The van der Waals surface area contributed by atoms with Gasteiger partial charge in [0.05, 0.1) is 11.4 Å². The Hall–Kier alpha value is -2.19. The van der Waals surface area contributed by atoms with Gasteiger partial charge in [-0.2, -0.15) is 4.31 Å². The Kier molecular flexibility index (Phi) is 7.66. The normalized spacial score (nSPS) is 11.4. The summed E-state index contributed by atoms with van der Waals surface area (Å²) in [6.45, 7) is -0.128. The number of carbonyl (C=O) groups is 1. The van der Waals surface area contributed by atoms with Gasteiger partial charge in [-0.05, 0) is 60.5 Å². The zero-order valence-corrected chi connectivity index (χ0v) is 19.1. The van der Waals surface area contributed by atoms with Crippen molar-refractivity contribution in [1.82, 2.24) is 4.31 Å². The van der Waals surface area contributed by atoms with Gasteiger partial charge in [0.15, 0.2) is 0 Å². The van der Waals surface area contributed by atoms with E-state index in [9.17, 15) is 13.2 Å². The van der Waals surface area contributed by atoms with Crippen LogP contribution >= 0.6 is 27.5 Å². The maximum absolute atomic E-state index is 13.2. The Morgan fingerprint density at radius 1 is 0.933 bits per heavy atom. The van der Waals surface area contributed by atoms with Crippen LogP contribution in [0.1, 0.15) is 5.56 Å². The Morgan fingerprint density at radius 2 is 1.57 bits per heavy atom. The SMILES string of the molecule is O=C(CN(CCc1ccccc1)S(=O)(=O)c1ccc(Cl)cc1)Nc1ccc(Br)cc1. The summed E-state index contributed by atoms with van der Waals surface area (Å²) in [5, 5.41) is 3.19. The number of nitrogens with zero attached hydrogens (tertiary/aromatic N) is 1. The van der Waals surface area contributed by atoms with Gasteiger partial charge >= 0.3 is 0 Å². The van der Waals surface area contributed by atoms with Crippen molar-refractivity contribution in [3.63, 3.8) is 0 Å². The number of sulfonamides is 1. The van der Waals surface area contributed by atoms with Crippen molar-refractivity contribution >= 4 is 49.1 Å². The third-order valence-electron chi connectivity index (χ3n) is 4.39. The van der Waals surface area contributed by atoms with Crippen molar-refractivity contribution in [1.29, 1.82) is 0 Å². The summed E-state index contributed by atoms with van der Waals surface area (Å²) >= 11 is 9.23. The second-order valence-electron chi connectivity index (χ2n) is 6.58. The first-order valence-corrected chi connectivity index (χ1v) is 11.8. The van der Waals surface area contributed by atoms with Gasteiger partial charge in [-0.15, -0.1) is 0 Å². The smallest absolute Gasteiger partial charge is 0.243 e. The van der Waals surface area contributed by atoms with Crippen LogP contribution < -0.4 is 5.32 Å². The monoisotopic (exact) mass is 506 g/mol. The molecule has 0 saturated carbocycles. The van der Waals surface area contributed by atoms with E-state index in [1.54, 1.807) is 24.3 Å². The first-order chi connectivity index (χ1) is 14.3. The van der Waals surface area contributed by atoms with E-state index in [0.29, 0.717) is 17.1 Å². The number of hydrogen-bond acceptors (Lipinski definition) is 3. The second kappa shape index (κ2) is 10.2. The van der Waals surface area contributed by atoms with E-state index in [-0.39, 0.29) is 18.0 Å². The van der Waals surface area contributed by atoms with Crippen LogP contribution in [0.4, 0.5) is 5.69 Å². The molecular formula is C22H20BrClN2O3S. The van der Waals surface area contributed by atoms with Crippen LogP contribution in [0.2, 0.25) is 5.02 Å². The molecule has 0 aliphatic carbocycles. The predicted octanol–water partition coefficient (Wildman–Crippen LogP) is 4.97. The lowest BCUT2D eigenvalue weighted by Gasteiger charge is -2.22. The largest absolute Gasteiger partial charge is 0.325 e. The quantitative estimate of drug-likeness (QED) is 0.468. The minimum Gasteiger partial charge on any atom is -0.325 e. The molecule has 0 aliphatic heterocycles. The molecule has 3 aromatic rings. The highest BCUT2D eigenvalue weighted by atomic mass is 79.9. The standard InChI is InChI=1S/C22H20BrClN2O3S/c23-18-6-10-20(11-7-18)25-22(27)16-26(15-14-17-4-2-1-3-5-17)30(28,29)21-12-8-19(24)9-13-21/h1-13H,14-16H2,(H,25,27). The number of nitrogens with one attached hydrogen (secondary N) is 1. The van der Waals surface area contributed by atoms with E-state index in [1.165, 1.54) is 28.6 Å². The predicted molar refractivity (Wildman–Crippen MR) is 123 cm³/mol. The number of anilines is 1. The molecule has 0 saturated heterocycles. The van der Waals surface area contributed by atoms with E-state index < -0.39 is 15.9 Å². The van der Waals surface area contributed by atoms with E-state index in [4.69, 9.17) is 11.6 Å². The highest BCUT2D eigenvalue weighted by molar-refractivity contribution is 9.10. The molecule has 0 heterocycles. The summed E-state index contributed by atoms with van der Waals surface area (Å²) in [4.78, 5) is 12.7. The van der Waals surface area contributed by atoms with Crippen molar-refractivity contribution in [3.8, 4) is 0 Å². The molecular weight excluding hydrogens is 488 g/mol. The molecule has 1 amide bonds. The Morgan fingerprint density at radius 3 is 2.20 bits per heavy atom. The Balaban J connectivity index is 1.79. The number of rotatable bonds is 8. The maximum atomic E-state index is 13.2. The minimum atomic E-state index is -3.88. The fraction of sp³-hybridized carbons (Fsp3) is 0.136. The van der Waals surface area contributed by atoms with E-state index in [1.807, 2.05) is 30.3 Å². The maximum Gasteiger partial charge on any atom is 0.243 e. The second-order valence-corrected chi connectivity index (χ2v) is 9.87. The minimum absolute atomic E-state index is 0.0939. The third-order valence-corrected chi connectivity index (χ3v) is 7.03. The summed E-state index contributed by atoms with van der Waals surface area (Å²) in [6, 6.07) is 22.5. The van der Waals surface area contributed by atoms with Crippen molar-refractivity contribution in [2.75, 3.05) is 18.4 Å². The van der Waals surface area contributed by atoms with Crippen LogP contribution in [0, 0.1) is 0 Å². The lowest BCUT2D eigenvalue weighted by atomic mass is 10.1. The fourth-order valence-corrected chi connectivity index (χ4v) is 4.62. The van der Waals surface area contributed by atoms with Gasteiger partial charge < -0.3 is 5.32 Å². The van der Waals surface area contributed by atoms with Crippen molar-refractivity contribution in [3.05, 3.63) is 93.9 Å². The number of halogens is 2. The molecule has 0 radical (unpaired) electrons. The zero-order valence-electron chi connectivity index (χ0n) is 16.0. The van der Waals surface area contributed by atoms with Crippen LogP contribution in [-0.4, -0.2) is 31.7 Å². The number of carbonyl (C=O) groups excluding carboxylic acids is 1. The van der Waals surface area contributed by atoms with Crippen LogP contribution in [0.3, 0.4) is 0 Å². The summed E-state index contributed by atoms with van der Waals surface area (Å²) < 4.78 is 28.5. The summed E-state index contributed by atoms with van der Waals surface area (Å²) in [6.07, 6.45) is 0.485. The van der Waals surface area contributed by atoms with Crippen LogP contribution in [-0.2, 0) is 21.2 Å². The Labute approximate surface area is 189 Å². The van der Waals surface area contributed by atoms with Crippen LogP contribution in [0.5, 0.6) is 0 Å². The zero-order chi connectivity index (χ0) is 21.6. The molecule has 0 aliphatic rings. The highest BCUT2D eigenvalue weighted by Gasteiger charge is 2.26. The third kappa shape index (κ3) is 6.15. The highest BCUT2D eigenvalue weighted by Crippen LogP contribution is 2.20. The molecule has 0 aromatic heterocycles. The van der Waals surface area contributed by atoms with Gasteiger partial charge in [-0.25, -0.2) is 8.42 Å². The summed E-state index contributed by atoms with van der Waals surface area (Å²) in [7, 11) is -3.88. The average Bonchev–Trinajstić information content (AvgIpc) is 2.73. The molecule has 5 nitrogen and oxygen atoms in total. The number of benzene rings is 3. The lowest BCUT2D eigenvalue weighted by Crippen LogP contribution is -2.39. The van der Waals surface area contributed by atoms with Gasteiger partial charge in [0, 0.05) is 21.7 Å². The first-order valence-electron chi connectivity index (χ1n) is 9.20. The molecule has 0 unspecified atom stereocenters. The molecule has 1 N–H and O–H groups in total. The van der Waals surface area contributed by atoms with Crippen molar-refractivity contribution < 1.29 is 13.2 Å². The molecule has 0 spiro atoms. The molecule has 156 valence electrons. The van der Waals surface area contributed by atoms with Crippen molar-refractivity contribution in [2.24, 2.45) is 0 Å². The summed E-state index contributed by atoms with van der Waals surface area (Å²) in [5.41, 5.74) is 1.58. The molecule has 0 bridgehead atoms. The van der Waals surface area contributed by atoms with Crippen molar-refractivity contribution in [2.45, 2.75) is 11.3 Å². The lowest BCUT2D eigenvalue weighted by molar-refractivity contribution is -0.116. The Bertz CT molecular complexity index is 1090. The van der Waals surface area contributed by atoms with Crippen LogP contribution in [0.15, 0.2) is 88.2 Å². The molecule has 3 aromatic carbocycles. The van der Waals surface area contributed by atoms with E-state index in [0.717, 1.165) is 10.0 Å². The van der Waals surface area contributed by atoms with Crippen LogP contribution in [0.25, 0.3) is 0 Å².